The van der Waals surface area contributed by atoms with Crippen LogP contribution in [0.5, 0.6) is 0 Å². The van der Waals surface area contributed by atoms with E-state index in [9.17, 15) is 4.79 Å². The van der Waals surface area contributed by atoms with Gasteiger partial charge < -0.3 is 0 Å². The number of hydrogen-bond acceptors (Lipinski definition) is 2. The molecule has 1 aromatic rings. The predicted octanol–water partition coefficient (Wildman–Crippen LogP) is 2.35. The lowest BCUT2D eigenvalue weighted by Crippen LogP contribution is -2.13. The van der Waals surface area contributed by atoms with E-state index in [0.717, 1.165) is 24.8 Å². The predicted molar refractivity (Wildman–Crippen MR) is 58.6 cm³/mol. The van der Waals surface area contributed by atoms with E-state index in [0.29, 0.717) is 11.6 Å². The average molecular weight is 204 g/mol. The second-order valence-electron chi connectivity index (χ2n) is 4.28. The Balaban J connectivity index is 2.19. The van der Waals surface area contributed by atoms with E-state index in [1.807, 2.05) is 0 Å². The lowest BCUT2D eigenvalue weighted by Gasteiger charge is -2.17. The van der Waals surface area contributed by atoms with Gasteiger partial charge in [0, 0.05) is 13.2 Å². The largest absolute Gasteiger partial charge is 0.287 e. The van der Waals surface area contributed by atoms with Gasteiger partial charge in [0.15, 0.2) is 0 Å². The summed E-state index contributed by atoms with van der Waals surface area (Å²) in [5.41, 5.74) is 1.65. The van der Waals surface area contributed by atoms with Gasteiger partial charge in [0.25, 0.3) is 0 Å². The van der Waals surface area contributed by atoms with Crippen molar-refractivity contribution in [1.29, 1.82) is 0 Å². The monoisotopic (exact) mass is 204 g/mol. The number of hydrogen-bond donors (Lipinski definition) is 0. The first-order valence-corrected chi connectivity index (χ1v) is 5.40. The van der Waals surface area contributed by atoms with Crippen molar-refractivity contribution >= 4 is 5.78 Å². The summed E-state index contributed by atoms with van der Waals surface area (Å²) < 4.78 is 1.64. The highest BCUT2D eigenvalue weighted by molar-refractivity contribution is 6.07. The molecular weight excluding hydrogens is 188 g/mol. The molecule has 15 heavy (non-hydrogen) atoms. The van der Waals surface area contributed by atoms with Crippen molar-refractivity contribution in [1.82, 2.24) is 9.78 Å². The van der Waals surface area contributed by atoms with E-state index in [1.54, 1.807) is 24.0 Å². The number of carbonyl (C=O) groups excluding carboxylic acids is 1. The lowest BCUT2D eigenvalue weighted by atomic mass is 9.88. The van der Waals surface area contributed by atoms with Crippen LogP contribution in [0, 0.1) is 5.92 Å². The third-order valence-electron chi connectivity index (χ3n) is 3.02. The van der Waals surface area contributed by atoms with Crippen LogP contribution in [0.4, 0.5) is 0 Å². The molecule has 1 aliphatic carbocycles. The molecule has 0 bridgehead atoms. The Morgan fingerprint density at radius 3 is 2.93 bits per heavy atom. The molecule has 0 aromatic carbocycles. The van der Waals surface area contributed by atoms with Crippen molar-refractivity contribution in [2.45, 2.75) is 26.2 Å². The van der Waals surface area contributed by atoms with Crippen molar-refractivity contribution < 1.29 is 4.79 Å². The zero-order chi connectivity index (χ0) is 10.8. The molecule has 0 saturated carbocycles. The van der Waals surface area contributed by atoms with E-state index in [-0.39, 0.29) is 5.78 Å². The van der Waals surface area contributed by atoms with Crippen LogP contribution >= 0.6 is 0 Å². The summed E-state index contributed by atoms with van der Waals surface area (Å²) >= 11 is 0. The first-order chi connectivity index (χ1) is 7.18. The zero-order valence-electron chi connectivity index (χ0n) is 9.23. The third-order valence-corrected chi connectivity index (χ3v) is 3.02. The highest BCUT2D eigenvalue weighted by atomic mass is 16.1. The summed E-state index contributed by atoms with van der Waals surface area (Å²) in [5.74, 6) is 0.856. The van der Waals surface area contributed by atoms with Crippen LogP contribution < -0.4 is 0 Å². The van der Waals surface area contributed by atoms with Crippen molar-refractivity contribution in [3.63, 3.8) is 0 Å². The number of rotatable bonds is 2. The molecule has 1 atom stereocenters. The van der Waals surface area contributed by atoms with Crippen LogP contribution in [0.15, 0.2) is 23.9 Å². The quantitative estimate of drug-likeness (QED) is 0.693. The number of allylic oxidation sites excluding steroid dienone is 2. The van der Waals surface area contributed by atoms with Gasteiger partial charge in [-0.1, -0.05) is 13.0 Å². The topological polar surface area (TPSA) is 34.9 Å². The number of nitrogens with zero attached hydrogens (tertiary/aromatic N) is 2. The van der Waals surface area contributed by atoms with Gasteiger partial charge in [0.1, 0.15) is 5.69 Å². The number of Topliss-reactive ketones (excluding diaryl/α,β-unsaturated/α-hetero) is 1. The van der Waals surface area contributed by atoms with E-state index in [2.05, 4.69) is 18.1 Å². The van der Waals surface area contributed by atoms with E-state index < -0.39 is 0 Å². The SMILES string of the molecule is CC1CC=C(C(=O)c2ccnn2C)CC1. The molecule has 0 fully saturated rings. The van der Waals surface area contributed by atoms with Crippen LogP contribution in [-0.2, 0) is 7.05 Å². The molecule has 1 heterocycles. The summed E-state index contributed by atoms with van der Waals surface area (Å²) in [6, 6.07) is 1.78. The van der Waals surface area contributed by atoms with Gasteiger partial charge in [-0.15, -0.1) is 0 Å². The summed E-state index contributed by atoms with van der Waals surface area (Å²) in [6.45, 7) is 2.22. The molecule has 2 rings (SSSR count). The zero-order valence-corrected chi connectivity index (χ0v) is 9.23. The molecule has 0 saturated heterocycles. The Kier molecular flexibility index (Phi) is 2.71. The van der Waals surface area contributed by atoms with Gasteiger partial charge in [-0.2, -0.15) is 5.10 Å². The molecule has 3 heteroatoms. The smallest absolute Gasteiger partial charge is 0.206 e. The van der Waals surface area contributed by atoms with E-state index >= 15 is 0 Å². The first-order valence-electron chi connectivity index (χ1n) is 5.40. The molecular formula is C12H16N2O. The molecule has 0 N–H and O–H groups in total. The van der Waals surface area contributed by atoms with Crippen molar-refractivity contribution in [2.75, 3.05) is 0 Å². The molecule has 0 aliphatic heterocycles. The second kappa shape index (κ2) is 4.01. The molecule has 80 valence electrons. The maximum atomic E-state index is 12.1. The standard InChI is InChI=1S/C12H16N2O/c1-9-3-5-10(6-4-9)12(15)11-7-8-13-14(11)2/h5,7-9H,3-4,6H2,1-2H3. The van der Waals surface area contributed by atoms with Crippen LogP contribution in [0.25, 0.3) is 0 Å². The van der Waals surface area contributed by atoms with Gasteiger partial charge in [-0.25, -0.2) is 0 Å². The number of aryl methyl sites for hydroxylation is 1. The minimum absolute atomic E-state index is 0.141. The average Bonchev–Trinajstić information content (AvgIpc) is 2.65. The van der Waals surface area contributed by atoms with Crippen molar-refractivity contribution in [3.8, 4) is 0 Å². The molecule has 3 nitrogen and oxygen atoms in total. The van der Waals surface area contributed by atoms with E-state index in [4.69, 9.17) is 0 Å². The molecule has 1 unspecified atom stereocenters. The third kappa shape index (κ3) is 2.01. The van der Waals surface area contributed by atoms with Crippen LogP contribution in [0.2, 0.25) is 0 Å². The van der Waals surface area contributed by atoms with Crippen LogP contribution in [0.1, 0.15) is 36.7 Å². The number of ketones is 1. The second-order valence-corrected chi connectivity index (χ2v) is 4.28. The van der Waals surface area contributed by atoms with Gasteiger partial charge in [-0.05, 0) is 36.8 Å². The van der Waals surface area contributed by atoms with E-state index in [1.165, 1.54) is 0 Å². The summed E-state index contributed by atoms with van der Waals surface area (Å²) in [4.78, 5) is 12.1. The Labute approximate surface area is 89.8 Å². The highest BCUT2D eigenvalue weighted by Gasteiger charge is 2.19. The van der Waals surface area contributed by atoms with Gasteiger partial charge in [0.2, 0.25) is 5.78 Å². The highest BCUT2D eigenvalue weighted by Crippen LogP contribution is 2.25. The Morgan fingerprint density at radius 2 is 2.40 bits per heavy atom. The first kappa shape index (κ1) is 10.1. The summed E-state index contributed by atoms with van der Waals surface area (Å²) in [7, 11) is 1.80. The van der Waals surface area contributed by atoms with Crippen LogP contribution in [0.3, 0.4) is 0 Å². The lowest BCUT2D eigenvalue weighted by molar-refractivity contribution is 0.101. The normalized spacial score (nSPS) is 21.2. The minimum atomic E-state index is 0.141. The fourth-order valence-corrected chi connectivity index (χ4v) is 1.93. The van der Waals surface area contributed by atoms with Gasteiger partial charge in [0.05, 0.1) is 0 Å². The van der Waals surface area contributed by atoms with Crippen molar-refractivity contribution in [3.05, 3.63) is 29.6 Å². The Morgan fingerprint density at radius 1 is 1.60 bits per heavy atom. The molecule has 1 aromatic heterocycles. The van der Waals surface area contributed by atoms with Gasteiger partial charge >= 0.3 is 0 Å². The maximum Gasteiger partial charge on any atom is 0.206 e. The molecule has 0 amide bonds. The van der Waals surface area contributed by atoms with Crippen molar-refractivity contribution in [2.24, 2.45) is 13.0 Å². The molecule has 0 radical (unpaired) electrons. The summed E-state index contributed by atoms with van der Waals surface area (Å²) in [6.07, 6.45) is 6.81. The fourth-order valence-electron chi connectivity index (χ4n) is 1.93. The maximum absolute atomic E-state index is 12.1. The Hall–Kier alpha value is -1.38. The Bertz CT molecular complexity index is 404. The molecule has 1 aliphatic rings. The number of carbonyl (C=O) groups is 1. The van der Waals surface area contributed by atoms with Gasteiger partial charge in [-0.3, -0.25) is 9.48 Å². The molecule has 0 spiro atoms. The minimum Gasteiger partial charge on any atom is -0.287 e. The number of aromatic nitrogens is 2. The fraction of sp³-hybridized carbons (Fsp3) is 0.500. The van der Waals surface area contributed by atoms with Crippen LogP contribution in [-0.4, -0.2) is 15.6 Å². The summed E-state index contributed by atoms with van der Waals surface area (Å²) in [5, 5.41) is 4.02.